The number of aromatic nitrogens is 1. The third-order valence-corrected chi connectivity index (χ3v) is 5.18. The molecule has 0 fully saturated rings. The maximum atomic E-state index is 11.9. The Bertz CT molecular complexity index is 749. The molecule has 114 valence electrons. The zero-order chi connectivity index (χ0) is 15.6. The van der Waals surface area contributed by atoms with Gasteiger partial charge in [-0.2, -0.15) is 0 Å². The zero-order valence-electron chi connectivity index (χ0n) is 11.8. The lowest BCUT2D eigenvalue weighted by molar-refractivity contribution is -0.138. The van der Waals surface area contributed by atoms with Crippen molar-refractivity contribution < 1.29 is 18.3 Å². The first-order valence-corrected chi connectivity index (χ1v) is 8.15. The summed E-state index contributed by atoms with van der Waals surface area (Å²) in [5.41, 5.74) is 1.66. The van der Waals surface area contributed by atoms with Gasteiger partial charge >= 0.3 is 5.97 Å². The van der Waals surface area contributed by atoms with Gasteiger partial charge in [-0.15, -0.1) is 0 Å². The summed E-state index contributed by atoms with van der Waals surface area (Å²) in [5.74, 6) is -1.19. The van der Waals surface area contributed by atoms with E-state index in [1.165, 1.54) is 13.8 Å². The van der Waals surface area contributed by atoms with E-state index in [-0.39, 0.29) is 6.42 Å². The van der Waals surface area contributed by atoms with Crippen LogP contribution in [0.15, 0.2) is 30.5 Å². The zero-order valence-corrected chi connectivity index (χ0v) is 12.6. The average molecular weight is 310 g/mol. The standard InChI is InChI=1S/C14H18N2O4S/c1-9(2)21(19,20)16-13(14(17)18)7-10-8-15-12-6-4-3-5-11(10)12/h3-6,8-9,13,15-16H,7H2,1-2H3,(H,17,18). The normalized spacial score (nSPS) is 13.7. The fourth-order valence-corrected chi connectivity index (χ4v) is 2.89. The number of nitrogens with one attached hydrogen (secondary N) is 2. The van der Waals surface area contributed by atoms with Gasteiger partial charge in [0.2, 0.25) is 10.0 Å². The van der Waals surface area contributed by atoms with Gasteiger partial charge in [-0.25, -0.2) is 13.1 Å². The number of carboxylic acid groups (broad SMARTS) is 1. The summed E-state index contributed by atoms with van der Waals surface area (Å²) in [6.45, 7) is 3.01. The molecule has 0 amide bonds. The lowest BCUT2D eigenvalue weighted by Gasteiger charge is -2.16. The van der Waals surface area contributed by atoms with Gasteiger partial charge in [-0.05, 0) is 25.5 Å². The van der Waals surface area contributed by atoms with Crippen molar-refractivity contribution in [2.24, 2.45) is 0 Å². The number of aliphatic carboxylic acids is 1. The van der Waals surface area contributed by atoms with E-state index in [1.807, 2.05) is 24.3 Å². The van der Waals surface area contributed by atoms with E-state index in [0.29, 0.717) is 0 Å². The van der Waals surface area contributed by atoms with Crippen molar-refractivity contribution in [1.82, 2.24) is 9.71 Å². The van der Waals surface area contributed by atoms with Gasteiger partial charge in [0.25, 0.3) is 0 Å². The molecule has 21 heavy (non-hydrogen) atoms. The molecule has 1 aromatic carbocycles. The smallest absolute Gasteiger partial charge is 0.322 e. The number of para-hydroxylation sites is 1. The van der Waals surface area contributed by atoms with Crippen molar-refractivity contribution in [3.8, 4) is 0 Å². The van der Waals surface area contributed by atoms with Gasteiger partial charge in [0.15, 0.2) is 0 Å². The van der Waals surface area contributed by atoms with Crippen LogP contribution >= 0.6 is 0 Å². The topological polar surface area (TPSA) is 99.3 Å². The molecule has 1 heterocycles. The van der Waals surface area contributed by atoms with Crippen LogP contribution in [0.4, 0.5) is 0 Å². The van der Waals surface area contributed by atoms with Crippen LogP contribution in [0.1, 0.15) is 19.4 Å². The fraction of sp³-hybridized carbons (Fsp3) is 0.357. The number of carbonyl (C=O) groups is 1. The Morgan fingerprint density at radius 2 is 2.00 bits per heavy atom. The molecule has 0 aliphatic heterocycles. The molecule has 0 radical (unpaired) electrons. The Labute approximate surface area is 123 Å². The number of carboxylic acids is 1. The largest absolute Gasteiger partial charge is 0.480 e. The maximum Gasteiger partial charge on any atom is 0.322 e. The monoisotopic (exact) mass is 310 g/mol. The highest BCUT2D eigenvalue weighted by Crippen LogP contribution is 2.19. The number of hydrogen-bond acceptors (Lipinski definition) is 3. The molecule has 6 nitrogen and oxygen atoms in total. The Balaban J connectivity index is 2.27. The van der Waals surface area contributed by atoms with Crippen LogP contribution in [0.5, 0.6) is 0 Å². The van der Waals surface area contributed by atoms with E-state index in [9.17, 15) is 18.3 Å². The summed E-state index contributed by atoms with van der Waals surface area (Å²) in [7, 11) is -3.64. The molecule has 1 atom stereocenters. The number of hydrogen-bond donors (Lipinski definition) is 3. The summed E-state index contributed by atoms with van der Waals surface area (Å²) in [5, 5.41) is 9.47. The van der Waals surface area contributed by atoms with Gasteiger partial charge in [0, 0.05) is 23.5 Å². The van der Waals surface area contributed by atoms with Gasteiger partial charge in [0.05, 0.1) is 5.25 Å². The minimum atomic E-state index is -3.64. The molecule has 0 saturated carbocycles. The third kappa shape index (κ3) is 3.43. The number of benzene rings is 1. The van der Waals surface area contributed by atoms with Crippen molar-refractivity contribution in [2.45, 2.75) is 31.6 Å². The highest BCUT2D eigenvalue weighted by molar-refractivity contribution is 7.90. The van der Waals surface area contributed by atoms with Crippen LogP contribution in [0.25, 0.3) is 10.9 Å². The van der Waals surface area contributed by atoms with Crippen molar-refractivity contribution >= 4 is 26.9 Å². The first-order valence-electron chi connectivity index (χ1n) is 6.60. The van der Waals surface area contributed by atoms with Gasteiger partial charge < -0.3 is 10.1 Å². The molecular weight excluding hydrogens is 292 g/mol. The lowest BCUT2D eigenvalue weighted by Crippen LogP contribution is -2.44. The summed E-state index contributed by atoms with van der Waals surface area (Å²) in [6, 6.07) is 6.30. The van der Waals surface area contributed by atoms with E-state index in [0.717, 1.165) is 16.5 Å². The van der Waals surface area contributed by atoms with Crippen molar-refractivity contribution in [3.05, 3.63) is 36.0 Å². The van der Waals surface area contributed by atoms with Gasteiger partial charge in [0.1, 0.15) is 6.04 Å². The lowest BCUT2D eigenvalue weighted by atomic mass is 10.1. The highest BCUT2D eigenvalue weighted by Gasteiger charge is 2.27. The van der Waals surface area contributed by atoms with Crippen LogP contribution in [0.3, 0.4) is 0 Å². The number of H-pyrrole nitrogens is 1. The minimum absolute atomic E-state index is 0.0886. The molecular formula is C14H18N2O4S. The number of rotatable bonds is 6. The first-order chi connectivity index (χ1) is 9.81. The van der Waals surface area contributed by atoms with E-state index in [4.69, 9.17) is 0 Å². The van der Waals surface area contributed by atoms with Crippen LogP contribution in [-0.4, -0.2) is 35.8 Å². The van der Waals surface area contributed by atoms with E-state index in [2.05, 4.69) is 9.71 Å². The van der Waals surface area contributed by atoms with Crippen LogP contribution < -0.4 is 4.72 Å². The second-order valence-electron chi connectivity index (χ2n) is 5.17. The minimum Gasteiger partial charge on any atom is -0.480 e. The van der Waals surface area contributed by atoms with E-state index >= 15 is 0 Å². The van der Waals surface area contributed by atoms with Crippen molar-refractivity contribution in [2.75, 3.05) is 0 Å². The third-order valence-electron chi connectivity index (χ3n) is 3.32. The Kier molecular flexibility index (Phi) is 4.34. The average Bonchev–Trinajstić information content (AvgIpc) is 2.81. The first kappa shape index (κ1) is 15.5. The van der Waals surface area contributed by atoms with Crippen LogP contribution in [0.2, 0.25) is 0 Å². The molecule has 3 N–H and O–H groups in total. The Morgan fingerprint density at radius 3 is 2.62 bits per heavy atom. The molecule has 0 bridgehead atoms. The number of aromatic amines is 1. The van der Waals surface area contributed by atoms with Crippen LogP contribution in [0, 0.1) is 0 Å². The molecule has 0 saturated heterocycles. The molecule has 2 aromatic rings. The van der Waals surface area contributed by atoms with Crippen molar-refractivity contribution in [1.29, 1.82) is 0 Å². The number of sulfonamides is 1. The second kappa shape index (κ2) is 5.87. The van der Waals surface area contributed by atoms with Crippen molar-refractivity contribution in [3.63, 3.8) is 0 Å². The predicted molar refractivity (Wildman–Crippen MR) is 80.6 cm³/mol. The molecule has 2 rings (SSSR count). The molecule has 0 spiro atoms. The van der Waals surface area contributed by atoms with E-state index in [1.54, 1.807) is 6.20 Å². The van der Waals surface area contributed by atoms with E-state index < -0.39 is 27.3 Å². The molecule has 0 aliphatic carbocycles. The molecule has 0 aliphatic rings. The van der Waals surface area contributed by atoms with Gasteiger partial charge in [-0.1, -0.05) is 18.2 Å². The summed E-state index contributed by atoms with van der Waals surface area (Å²) < 4.78 is 26.0. The predicted octanol–water partition coefficient (Wildman–Crippen LogP) is 1.49. The van der Waals surface area contributed by atoms with Gasteiger partial charge in [-0.3, -0.25) is 4.79 Å². The summed E-state index contributed by atoms with van der Waals surface area (Å²) in [4.78, 5) is 14.4. The summed E-state index contributed by atoms with van der Waals surface area (Å²) in [6.07, 6.45) is 1.80. The Hall–Kier alpha value is -1.86. The molecule has 7 heteroatoms. The number of fused-ring (bicyclic) bond motifs is 1. The van der Waals surface area contributed by atoms with Crippen LogP contribution in [-0.2, 0) is 21.2 Å². The fourth-order valence-electron chi connectivity index (χ4n) is 2.03. The molecule has 1 unspecified atom stereocenters. The highest BCUT2D eigenvalue weighted by atomic mass is 32.2. The SMILES string of the molecule is CC(C)S(=O)(=O)NC(Cc1c[nH]c2ccccc12)C(=O)O. The molecule has 1 aromatic heterocycles. The summed E-state index contributed by atoms with van der Waals surface area (Å²) >= 11 is 0. The Morgan fingerprint density at radius 1 is 1.33 bits per heavy atom. The second-order valence-corrected chi connectivity index (χ2v) is 7.43. The maximum absolute atomic E-state index is 11.9. The quantitative estimate of drug-likeness (QED) is 0.752.